The lowest BCUT2D eigenvalue weighted by Crippen LogP contribution is -2.29. The van der Waals surface area contributed by atoms with E-state index in [1.807, 2.05) is 6.92 Å². The molecule has 1 unspecified atom stereocenters. The quantitative estimate of drug-likeness (QED) is 0.457. The molecule has 19 heavy (non-hydrogen) atoms. The van der Waals surface area contributed by atoms with Crippen molar-refractivity contribution in [2.45, 2.75) is 32.0 Å². The first-order valence-electron chi connectivity index (χ1n) is 6.20. The molecule has 0 spiro atoms. The SMILES string of the molecule is CCCOCCC(NN)c1cccc(C(F)(F)F)c1. The molecule has 1 aromatic carbocycles. The number of rotatable bonds is 7. The Hall–Kier alpha value is -1.11. The fourth-order valence-electron chi connectivity index (χ4n) is 1.73. The van der Waals surface area contributed by atoms with Crippen LogP contribution in [0.25, 0.3) is 0 Å². The summed E-state index contributed by atoms with van der Waals surface area (Å²) < 4.78 is 43.2. The Morgan fingerprint density at radius 1 is 1.32 bits per heavy atom. The highest BCUT2D eigenvalue weighted by atomic mass is 19.4. The van der Waals surface area contributed by atoms with Crippen molar-refractivity contribution in [1.29, 1.82) is 0 Å². The van der Waals surface area contributed by atoms with E-state index in [0.717, 1.165) is 18.6 Å². The van der Waals surface area contributed by atoms with Crippen LogP contribution in [0.4, 0.5) is 13.2 Å². The zero-order chi connectivity index (χ0) is 14.3. The van der Waals surface area contributed by atoms with Gasteiger partial charge in [-0.25, -0.2) is 0 Å². The lowest BCUT2D eigenvalue weighted by molar-refractivity contribution is -0.137. The normalized spacial score (nSPS) is 13.5. The summed E-state index contributed by atoms with van der Waals surface area (Å²) in [5.74, 6) is 5.39. The fraction of sp³-hybridized carbons (Fsp3) is 0.538. The van der Waals surface area contributed by atoms with Crippen molar-refractivity contribution < 1.29 is 17.9 Å². The van der Waals surface area contributed by atoms with E-state index in [1.54, 1.807) is 6.07 Å². The molecule has 0 bridgehead atoms. The van der Waals surface area contributed by atoms with Gasteiger partial charge in [0.25, 0.3) is 0 Å². The maximum atomic E-state index is 12.6. The van der Waals surface area contributed by atoms with Gasteiger partial charge in [0.1, 0.15) is 0 Å². The Balaban J connectivity index is 2.70. The van der Waals surface area contributed by atoms with E-state index in [9.17, 15) is 13.2 Å². The zero-order valence-electron chi connectivity index (χ0n) is 10.8. The zero-order valence-corrected chi connectivity index (χ0v) is 10.8. The van der Waals surface area contributed by atoms with E-state index >= 15 is 0 Å². The summed E-state index contributed by atoms with van der Waals surface area (Å²) in [6, 6.07) is 4.82. The molecule has 6 heteroatoms. The second kappa shape index (κ2) is 7.47. The molecule has 0 saturated carbocycles. The largest absolute Gasteiger partial charge is 0.416 e. The van der Waals surface area contributed by atoms with Crippen LogP contribution in [0, 0.1) is 0 Å². The number of hydrogen-bond donors (Lipinski definition) is 2. The number of hydrazine groups is 1. The van der Waals surface area contributed by atoms with Crippen molar-refractivity contribution in [2.75, 3.05) is 13.2 Å². The lowest BCUT2D eigenvalue weighted by Gasteiger charge is -2.18. The van der Waals surface area contributed by atoms with Crippen LogP contribution in [-0.2, 0) is 10.9 Å². The van der Waals surface area contributed by atoms with Gasteiger partial charge in [0.15, 0.2) is 0 Å². The van der Waals surface area contributed by atoms with Gasteiger partial charge in [-0.3, -0.25) is 11.3 Å². The molecule has 1 aromatic rings. The third kappa shape index (κ3) is 5.18. The van der Waals surface area contributed by atoms with Crippen molar-refractivity contribution in [1.82, 2.24) is 5.43 Å². The van der Waals surface area contributed by atoms with E-state index in [0.29, 0.717) is 25.2 Å². The van der Waals surface area contributed by atoms with Gasteiger partial charge in [-0.2, -0.15) is 13.2 Å². The minimum atomic E-state index is -4.34. The summed E-state index contributed by atoms with van der Waals surface area (Å²) >= 11 is 0. The molecule has 0 saturated heterocycles. The van der Waals surface area contributed by atoms with Gasteiger partial charge in [0.2, 0.25) is 0 Å². The minimum absolute atomic E-state index is 0.348. The van der Waals surface area contributed by atoms with Crippen LogP contribution in [0.5, 0.6) is 0 Å². The first-order valence-corrected chi connectivity index (χ1v) is 6.20. The van der Waals surface area contributed by atoms with Gasteiger partial charge in [-0.1, -0.05) is 19.1 Å². The number of nitrogens with two attached hydrogens (primary N) is 1. The second-order valence-electron chi connectivity index (χ2n) is 4.24. The predicted octanol–water partition coefficient (Wildman–Crippen LogP) is 3.03. The van der Waals surface area contributed by atoms with Crippen LogP contribution >= 0.6 is 0 Å². The van der Waals surface area contributed by atoms with Crippen LogP contribution < -0.4 is 11.3 Å². The molecule has 1 atom stereocenters. The van der Waals surface area contributed by atoms with E-state index in [4.69, 9.17) is 10.6 Å². The molecule has 0 heterocycles. The van der Waals surface area contributed by atoms with Crippen LogP contribution in [0.3, 0.4) is 0 Å². The van der Waals surface area contributed by atoms with Crippen molar-refractivity contribution in [3.05, 3.63) is 35.4 Å². The molecule has 3 N–H and O–H groups in total. The number of nitrogens with one attached hydrogen (secondary N) is 1. The monoisotopic (exact) mass is 276 g/mol. The van der Waals surface area contributed by atoms with Crippen molar-refractivity contribution >= 4 is 0 Å². The molecule has 0 aliphatic carbocycles. The molecule has 0 fully saturated rings. The Kier molecular flexibility index (Phi) is 6.27. The van der Waals surface area contributed by atoms with Crippen molar-refractivity contribution in [2.24, 2.45) is 5.84 Å². The molecule has 0 aromatic heterocycles. The smallest absolute Gasteiger partial charge is 0.381 e. The summed E-state index contributed by atoms with van der Waals surface area (Å²) in [5.41, 5.74) is 2.37. The first kappa shape index (κ1) is 15.9. The number of halogens is 3. The molecule has 0 radical (unpaired) electrons. The molecule has 108 valence electrons. The molecule has 3 nitrogen and oxygen atoms in total. The average Bonchev–Trinajstić information content (AvgIpc) is 2.38. The predicted molar refractivity (Wildman–Crippen MR) is 67.2 cm³/mol. The Morgan fingerprint density at radius 3 is 2.63 bits per heavy atom. The Bertz CT molecular complexity index is 382. The highest BCUT2D eigenvalue weighted by Gasteiger charge is 2.30. The van der Waals surface area contributed by atoms with Gasteiger partial charge < -0.3 is 4.74 Å². The summed E-state index contributed by atoms with van der Waals surface area (Å²) in [6.45, 7) is 3.09. The maximum absolute atomic E-state index is 12.6. The van der Waals surface area contributed by atoms with Crippen molar-refractivity contribution in [3.63, 3.8) is 0 Å². The number of ether oxygens (including phenoxy) is 1. The highest BCUT2D eigenvalue weighted by Crippen LogP contribution is 2.31. The van der Waals surface area contributed by atoms with Gasteiger partial charge in [-0.05, 0) is 30.5 Å². The molecular weight excluding hydrogens is 257 g/mol. The third-order valence-corrected chi connectivity index (χ3v) is 2.72. The summed E-state index contributed by atoms with van der Waals surface area (Å²) in [4.78, 5) is 0. The van der Waals surface area contributed by atoms with Gasteiger partial charge in [0.05, 0.1) is 5.56 Å². The van der Waals surface area contributed by atoms with E-state index < -0.39 is 11.7 Å². The molecule has 0 aliphatic rings. The van der Waals surface area contributed by atoms with Crippen LogP contribution in [0.1, 0.15) is 36.9 Å². The summed E-state index contributed by atoms with van der Waals surface area (Å²) in [5, 5.41) is 0. The summed E-state index contributed by atoms with van der Waals surface area (Å²) in [7, 11) is 0. The van der Waals surface area contributed by atoms with Gasteiger partial charge >= 0.3 is 6.18 Å². The Labute approximate surface area is 110 Å². The van der Waals surface area contributed by atoms with Gasteiger partial charge in [-0.15, -0.1) is 0 Å². The van der Waals surface area contributed by atoms with Gasteiger partial charge in [0, 0.05) is 19.3 Å². The maximum Gasteiger partial charge on any atom is 0.416 e. The average molecular weight is 276 g/mol. The van der Waals surface area contributed by atoms with Crippen LogP contribution in [-0.4, -0.2) is 13.2 Å². The minimum Gasteiger partial charge on any atom is -0.381 e. The fourth-order valence-corrected chi connectivity index (χ4v) is 1.73. The second-order valence-corrected chi connectivity index (χ2v) is 4.24. The van der Waals surface area contributed by atoms with Crippen LogP contribution in [0.15, 0.2) is 24.3 Å². The standard InChI is InChI=1S/C13H19F3N2O/c1-2-7-19-8-6-12(18-17)10-4-3-5-11(9-10)13(14,15)16/h3-5,9,12,18H,2,6-8,17H2,1H3. The molecular formula is C13H19F3N2O. The van der Waals surface area contributed by atoms with E-state index in [2.05, 4.69) is 5.43 Å². The molecule has 0 amide bonds. The van der Waals surface area contributed by atoms with Crippen molar-refractivity contribution in [3.8, 4) is 0 Å². The van der Waals surface area contributed by atoms with Crippen LogP contribution in [0.2, 0.25) is 0 Å². The first-order chi connectivity index (χ1) is 8.99. The van der Waals surface area contributed by atoms with E-state index in [-0.39, 0.29) is 6.04 Å². The third-order valence-electron chi connectivity index (χ3n) is 2.72. The number of benzene rings is 1. The number of alkyl halides is 3. The Morgan fingerprint density at radius 2 is 2.05 bits per heavy atom. The molecule has 1 rings (SSSR count). The van der Waals surface area contributed by atoms with E-state index in [1.165, 1.54) is 6.07 Å². The lowest BCUT2D eigenvalue weighted by atomic mass is 10.0. The highest BCUT2D eigenvalue weighted by molar-refractivity contribution is 5.27. The molecule has 0 aliphatic heterocycles. The summed E-state index contributed by atoms with van der Waals surface area (Å²) in [6.07, 6.45) is -2.91. The number of hydrogen-bond acceptors (Lipinski definition) is 3. The topological polar surface area (TPSA) is 47.3 Å².